The van der Waals surface area contributed by atoms with Crippen molar-refractivity contribution in [2.75, 3.05) is 20.2 Å². The van der Waals surface area contributed by atoms with Crippen LogP contribution in [0, 0.1) is 0 Å². The molecule has 0 aromatic carbocycles. The Morgan fingerprint density at radius 3 is 3.20 bits per heavy atom. The number of nitrogens with one attached hydrogen (secondary N) is 1. The predicted molar refractivity (Wildman–Crippen MR) is 74.5 cm³/mol. The van der Waals surface area contributed by atoms with Crippen LogP contribution in [0.15, 0.2) is 16.7 Å². The molecular formula is C15H22N2O3. The Hall–Kier alpha value is -1.33. The minimum atomic E-state index is -0.348. The number of hydrogen-bond donors (Lipinski definition) is 1. The Labute approximate surface area is 119 Å². The molecule has 2 saturated heterocycles. The smallest absolute Gasteiger partial charge is 0.341 e. The van der Waals surface area contributed by atoms with Crippen molar-refractivity contribution in [3.05, 3.63) is 23.7 Å². The average molecular weight is 278 g/mol. The van der Waals surface area contributed by atoms with Crippen LogP contribution in [0.25, 0.3) is 0 Å². The predicted octanol–water partition coefficient (Wildman–Crippen LogP) is 1.78. The van der Waals surface area contributed by atoms with Gasteiger partial charge in [0, 0.05) is 18.6 Å². The molecule has 110 valence electrons. The third-order valence-corrected chi connectivity index (χ3v) is 4.47. The number of rotatable bonds is 4. The molecule has 5 nitrogen and oxygen atoms in total. The number of carbonyl (C=O) groups is 1. The quantitative estimate of drug-likeness (QED) is 0.851. The SMILES string of the molecule is COC(=O)c1coc(CNC2CCN3CCCCC23)c1. The molecule has 0 amide bonds. The zero-order valence-corrected chi connectivity index (χ0v) is 11.9. The molecule has 2 atom stereocenters. The van der Waals surface area contributed by atoms with E-state index in [0.29, 0.717) is 24.2 Å². The van der Waals surface area contributed by atoms with Crippen molar-refractivity contribution >= 4 is 5.97 Å². The topological polar surface area (TPSA) is 54.7 Å². The molecule has 2 fully saturated rings. The molecule has 0 saturated carbocycles. The maximum absolute atomic E-state index is 11.4. The fourth-order valence-corrected chi connectivity index (χ4v) is 3.42. The van der Waals surface area contributed by atoms with Crippen molar-refractivity contribution in [3.63, 3.8) is 0 Å². The number of methoxy groups -OCH3 is 1. The first-order chi connectivity index (χ1) is 9.78. The molecule has 20 heavy (non-hydrogen) atoms. The van der Waals surface area contributed by atoms with Gasteiger partial charge < -0.3 is 14.5 Å². The third kappa shape index (κ3) is 2.74. The Morgan fingerprint density at radius 2 is 2.35 bits per heavy atom. The van der Waals surface area contributed by atoms with Crippen molar-refractivity contribution in [2.45, 2.75) is 44.3 Å². The van der Waals surface area contributed by atoms with E-state index in [1.54, 1.807) is 6.07 Å². The summed E-state index contributed by atoms with van der Waals surface area (Å²) in [4.78, 5) is 14.0. The van der Waals surface area contributed by atoms with Crippen molar-refractivity contribution in [1.29, 1.82) is 0 Å². The van der Waals surface area contributed by atoms with Crippen molar-refractivity contribution in [2.24, 2.45) is 0 Å². The fraction of sp³-hybridized carbons (Fsp3) is 0.667. The van der Waals surface area contributed by atoms with Gasteiger partial charge in [0.25, 0.3) is 0 Å². The molecule has 0 aliphatic carbocycles. The van der Waals surface area contributed by atoms with Gasteiger partial charge in [-0.3, -0.25) is 4.90 Å². The Balaban J connectivity index is 1.54. The van der Waals surface area contributed by atoms with Crippen molar-refractivity contribution in [1.82, 2.24) is 10.2 Å². The van der Waals surface area contributed by atoms with E-state index >= 15 is 0 Å². The molecule has 0 radical (unpaired) electrons. The minimum Gasteiger partial charge on any atom is -0.467 e. The largest absolute Gasteiger partial charge is 0.467 e. The number of nitrogens with zero attached hydrogens (tertiary/aromatic N) is 1. The van der Waals surface area contributed by atoms with Crippen molar-refractivity contribution < 1.29 is 13.9 Å². The first-order valence-electron chi connectivity index (χ1n) is 7.41. The van der Waals surface area contributed by atoms with Crippen LogP contribution in [0.2, 0.25) is 0 Å². The second-order valence-corrected chi connectivity index (χ2v) is 5.67. The van der Waals surface area contributed by atoms with Gasteiger partial charge >= 0.3 is 5.97 Å². The first-order valence-corrected chi connectivity index (χ1v) is 7.41. The van der Waals surface area contributed by atoms with Gasteiger partial charge in [-0.15, -0.1) is 0 Å². The Kier molecular flexibility index (Phi) is 4.08. The summed E-state index contributed by atoms with van der Waals surface area (Å²) >= 11 is 0. The van der Waals surface area contributed by atoms with Gasteiger partial charge in [-0.1, -0.05) is 6.42 Å². The van der Waals surface area contributed by atoms with E-state index in [4.69, 9.17) is 4.42 Å². The van der Waals surface area contributed by atoms with Gasteiger partial charge in [0.1, 0.15) is 12.0 Å². The van der Waals surface area contributed by atoms with E-state index in [1.807, 2.05) is 0 Å². The molecule has 1 N–H and O–H groups in total. The summed E-state index contributed by atoms with van der Waals surface area (Å²) in [6.45, 7) is 3.12. The van der Waals surface area contributed by atoms with Gasteiger partial charge in [-0.2, -0.15) is 0 Å². The van der Waals surface area contributed by atoms with E-state index in [0.717, 1.165) is 5.76 Å². The van der Waals surface area contributed by atoms with Gasteiger partial charge in [0.2, 0.25) is 0 Å². The van der Waals surface area contributed by atoms with Gasteiger partial charge in [-0.05, 0) is 31.9 Å². The second-order valence-electron chi connectivity index (χ2n) is 5.67. The van der Waals surface area contributed by atoms with Gasteiger partial charge in [0.05, 0.1) is 19.2 Å². The van der Waals surface area contributed by atoms with Gasteiger partial charge in [0.15, 0.2) is 0 Å². The number of furan rings is 1. The first kappa shape index (κ1) is 13.6. The van der Waals surface area contributed by atoms with Crippen LogP contribution < -0.4 is 5.32 Å². The van der Waals surface area contributed by atoms with Crippen LogP contribution in [0.4, 0.5) is 0 Å². The van der Waals surface area contributed by atoms with Crippen LogP contribution >= 0.6 is 0 Å². The highest BCUT2D eigenvalue weighted by atomic mass is 16.5. The van der Waals surface area contributed by atoms with E-state index in [2.05, 4.69) is 15.0 Å². The molecule has 2 unspecified atom stereocenters. The Morgan fingerprint density at radius 1 is 1.45 bits per heavy atom. The van der Waals surface area contributed by atoms with E-state index in [9.17, 15) is 4.79 Å². The maximum atomic E-state index is 11.4. The molecule has 3 rings (SSSR count). The summed E-state index contributed by atoms with van der Waals surface area (Å²) < 4.78 is 10.1. The van der Waals surface area contributed by atoms with E-state index < -0.39 is 0 Å². The highest BCUT2D eigenvalue weighted by Crippen LogP contribution is 2.27. The summed E-state index contributed by atoms with van der Waals surface area (Å²) in [6.07, 6.45) is 6.64. The fourth-order valence-electron chi connectivity index (χ4n) is 3.42. The minimum absolute atomic E-state index is 0.348. The second kappa shape index (κ2) is 5.97. The molecule has 0 bridgehead atoms. The number of fused-ring (bicyclic) bond motifs is 1. The summed E-state index contributed by atoms with van der Waals surface area (Å²) in [5, 5.41) is 3.58. The van der Waals surface area contributed by atoms with Crippen LogP contribution in [0.1, 0.15) is 41.8 Å². The maximum Gasteiger partial charge on any atom is 0.341 e. The highest BCUT2D eigenvalue weighted by molar-refractivity contribution is 5.88. The lowest BCUT2D eigenvalue weighted by atomic mass is 9.99. The Bertz CT molecular complexity index is 471. The van der Waals surface area contributed by atoms with Crippen molar-refractivity contribution in [3.8, 4) is 0 Å². The molecule has 3 heterocycles. The molecule has 1 aromatic heterocycles. The standard InChI is InChI=1S/C15H22N2O3/c1-19-15(18)11-8-12(20-10-11)9-16-13-5-7-17-6-3-2-4-14(13)17/h8,10,13-14,16H,2-7,9H2,1H3. The van der Waals surface area contributed by atoms with E-state index in [-0.39, 0.29) is 5.97 Å². The van der Waals surface area contributed by atoms with Crippen LogP contribution in [-0.2, 0) is 11.3 Å². The highest BCUT2D eigenvalue weighted by Gasteiger charge is 2.35. The van der Waals surface area contributed by atoms with E-state index in [1.165, 1.54) is 52.1 Å². The summed E-state index contributed by atoms with van der Waals surface area (Å²) in [5.41, 5.74) is 0.481. The number of esters is 1. The van der Waals surface area contributed by atoms with Gasteiger partial charge in [-0.25, -0.2) is 4.79 Å². The summed E-state index contributed by atoms with van der Waals surface area (Å²) in [6, 6.07) is 2.98. The summed E-state index contributed by atoms with van der Waals surface area (Å²) in [7, 11) is 1.38. The molecular weight excluding hydrogens is 256 g/mol. The van der Waals surface area contributed by atoms with Crippen LogP contribution in [0.3, 0.4) is 0 Å². The summed E-state index contributed by atoms with van der Waals surface area (Å²) in [5.74, 6) is 0.444. The number of ether oxygens (including phenoxy) is 1. The molecule has 0 spiro atoms. The number of hydrogen-bond acceptors (Lipinski definition) is 5. The molecule has 2 aliphatic heterocycles. The normalized spacial score (nSPS) is 26.4. The number of carbonyl (C=O) groups excluding carboxylic acids is 1. The zero-order valence-electron chi connectivity index (χ0n) is 11.9. The third-order valence-electron chi connectivity index (χ3n) is 4.47. The average Bonchev–Trinajstić information content (AvgIpc) is 3.11. The lowest BCUT2D eigenvalue weighted by Crippen LogP contribution is -2.44. The zero-order chi connectivity index (χ0) is 13.9. The molecule has 2 aliphatic rings. The number of piperidine rings is 1. The molecule has 1 aromatic rings. The lowest BCUT2D eigenvalue weighted by Gasteiger charge is -2.32. The lowest BCUT2D eigenvalue weighted by molar-refractivity contribution is 0.0600. The monoisotopic (exact) mass is 278 g/mol. The van der Waals surface area contributed by atoms with Crippen LogP contribution in [0.5, 0.6) is 0 Å². The molecule has 5 heteroatoms. The van der Waals surface area contributed by atoms with Crippen LogP contribution in [-0.4, -0.2) is 43.2 Å².